The van der Waals surface area contributed by atoms with E-state index in [0.29, 0.717) is 18.8 Å². The highest BCUT2D eigenvalue weighted by atomic mass is 16.5. The number of nitrogens with one attached hydrogen (secondary N) is 4. The Morgan fingerprint density at radius 1 is 1.05 bits per heavy atom. The van der Waals surface area contributed by atoms with Gasteiger partial charge in [-0.1, -0.05) is 74.5 Å². The minimum atomic E-state index is -0.970. The normalized spacial score (nSPS) is 11.9. The highest BCUT2D eigenvalue weighted by molar-refractivity contribution is 5.89. The number of nitrogens with zero attached hydrogens (tertiary/aromatic N) is 2. The molecular weight excluding hydrogens is 496 g/mol. The summed E-state index contributed by atoms with van der Waals surface area (Å²) in [6, 6.07) is 18.2. The van der Waals surface area contributed by atoms with E-state index in [0.717, 1.165) is 11.1 Å². The first-order chi connectivity index (χ1) is 18.8. The minimum absolute atomic E-state index is 0.0685. The molecule has 3 aromatic rings. The summed E-state index contributed by atoms with van der Waals surface area (Å²) in [4.78, 5) is 47.8. The Morgan fingerprint density at radius 2 is 1.74 bits per heavy atom. The van der Waals surface area contributed by atoms with Crippen molar-refractivity contribution in [3.05, 3.63) is 90.0 Å². The predicted octanol–water partition coefficient (Wildman–Crippen LogP) is 2.39. The fourth-order valence-corrected chi connectivity index (χ4v) is 3.99. The number of hydrogen-bond donors (Lipinski definition) is 4. The zero-order chi connectivity index (χ0) is 28.1. The van der Waals surface area contributed by atoms with Gasteiger partial charge in [0.15, 0.2) is 0 Å². The molecule has 39 heavy (non-hydrogen) atoms. The van der Waals surface area contributed by atoms with Gasteiger partial charge in [0.05, 0.1) is 18.6 Å². The molecule has 0 saturated heterocycles. The molecule has 0 fully saturated rings. The molecule has 0 spiro atoms. The summed E-state index contributed by atoms with van der Waals surface area (Å²) in [5.74, 6) is -0.684. The van der Waals surface area contributed by atoms with Gasteiger partial charge in [0.2, 0.25) is 11.8 Å². The van der Waals surface area contributed by atoms with Gasteiger partial charge in [0.25, 0.3) is 0 Å². The molecule has 1 aromatic heterocycles. The van der Waals surface area contributed by atoms with Gasteiger partial charge in [0.1, 0.15) is 12.6 Å². The molecular formula is C29H38N6O4. The second-order valence-corrected chi connectivity index (χ2v) is 9.91. The molecule has 10 heteroatoms. The second kappa shape index (κ2) is 14.7. The number of ether oxygens (including phenoxy) is 1. The van der Waals surface area contributed by atoms with E-state index in [1.807, 2.05) is 60.7 Å². The summed E-state index contributed by atoms with van der Waals surface area (Å²) < 4.78 is 5.35. The molecule has 1 atom stereocenters. The lowest BCUT2D eigenvalue weighted by atomic mass is 9.84. The Kier molecular flexibility index (Phi) is 11.1. The van der Waals surface area contributed by atoms with Crippen molar-refractivity contribution in [1.29, 1.82) is 0 Å². The average Bonchev–Trinajstić information content (AvgIpc) is 3.46. The summed E-state index contributed by atoms with van der Waals surface area (Å²) in [5, 5.41) is 8.65. The van der Waals surface area contributed by atoms with Crippen molar-refractivity contribution in [1.82, 2.24) is 30.8 Å². The van der Waals surface area contributed by atoms with Crippen LogP contribution >= 0.6 is 0 Å². The molecule has 3 amide bonds. The number of rotatable bonds is 14. The molecule has 10 nitrogen and oxygen atoms in total. The number of carbonyl (C=O) groups excluding carboxylic acids is 3. The van der Waals surface area contributed by atoms with Crippen LogP contribution < -0.4 is 16.0 Å². The Bertz CT molecular complexity index is 1170. The number of alkyl carbamates (subject to hydrolysis) is 1. The molecule has 1 heterocycles. The van der Waals surface area contributed by atoms with Gasteiger partial charge in [-0.05, 0) is 18.2 Å². The zero-order valence-corrected chi connectivity index (χ0v) is 22.8. The van der Waals surface area contributed by atoms with Gasteiger partial charge < -0.3 is 30.6 Å². The molecule has 0 aliphatic rings. The third-order valence-electron chi connectivity index (χ3n) is 6.33. The highest BCUT2D eigenvalue weighted by Gasteiger charge is 2.29. The SMILES string of the molecule is CNCCN(CC(=O)NCC(C)(C)c1ccccc1)C(=O)C(Cc1c[nH]cn1)NC(=O)OCc1ccccc1. The maximum Gasteiger partial charge on any atom is 0.408 e. The van der Waals surface area contributed by atoms with Gasteiger partial charge >= 0.3 is 6.09 Å². The van der Waals surface area contributed by atoms with E-state index in [1.54, 1.807) is 13.2 Å². The third kappa shape index (κ3) is 9.57. The lowest BCUT2D eigenvalue weighted by molar-refractivity contribution is -0.137. The Labute approximate surface area is 229 Å². The highest BCUT2D eigenvalue weighted by Crippen LogP contribution is 2.21. The van der Waals surface area contributed by atoms with Crippen LogP contribution in [0, 0.1) is 0 Å². The molecule has 0 bridgehead atoms. The molecule has 2 aromatic carbocycles. The fourth-order valence-electron chi connectivity index (χ4n) is 3.99. The van der Waals surface area contributed by atoms with Crippen LogP contribution in [0.5, 0.6) is 0 Å². The lowest BCUT2D eigenvalue weighted by Gasteiger charge is -2.29. The summed E-state index contributed by atoms with van der Waals surface area (Å²) >= 11 is 0. The molecule has 208 valence electrons. The number of amides is 3. The van der Waals surface area contributed by atoms with Gasteiger partial charge in [0, 0.05) is 37.7 Å². The Morgan fingerprint density at radius 3 is 2.38 bits per heavy atom. The maximum absolute atomic E-state index is 13.7. The van der Waals surface area contributed by atoms with Gasteiger partial charge in [-0.25, -0.2) is 9.78 Å². The van der Waals surface area contributed by atoms with E-state index in [4.69, 9.17) is 4.74 Å². The predicted molar refractivity (Wildman–Crippen MR) is 149 cm³/mol. The first-order valence-electron chi connectivity index (χ1n) is 13.0. The number of carbonyl (C=O) groups is 3. The van der Waals surface area contributed by atoms with Crippen molar-refractivity contribution in [2.24, 2.45) is 0 Å². The third-order valence-corrected chi connectivity index (χ3v) is 6.33. The van der Waals surface area contributed by atoms with E-state index in [9.17, 15) is 14.4 Å². The van der Waals surface area contributed by atoms with Crippen LogP contribution in [0.25, 0.3) is 0 Å². The molecule has 0 aliphatic heterocycles. The standard InChI is InChI=1S/C29H38N6O4/c1-29(2,23-12-8-5-9-13-23)20-32-26(36)18-35(15-14-30-3)27(37)25(16-24-17-31-21-33-24)34-28(38)39-19-22-10-6-4-7-11-22/h4-13,17,21,25,30H,14-16,18-20H2,1-3H3,(H,31,33)(H,32,36)(H,34,38). The van der Waals surface area contributed by atoms with Crippen LogP contribution in [0.15, 0.2) is 73.2 Å². The van der Waals surface area contributed by atoms with E-state index >= 15 is 0 Å². The fraction of sp³-hybridized carbons (Fsp3) is 0.379. The van der Waals surface area contributed by atoms with Crippen LogP contribution in [-0.2, 0) is 32.8 Å². The molecule has 0 aliphatic carbocycles. The average molecular weight is 535 g/mol. The van der Waals surface area contributed by atoms with Crippen molar-refractivity contribution in [3.63, 3.8) is 0 Å². The van der Waals surface area contributed by atoms with Crippen molar-refractivity contribution in [2.45, 2.75) is 38.3 Å². The zero-order valence-electron chi connectivity index (χ0n) is 22.8. The van der Waals surface area contributed by atoms with Crippen LogP contribution in [0.4, 0.5) is 4.79 Å². The monoisotopic (exact) mass is 534 g/mol. The number of likely N-dealkylation sites (N-methyl/N-ethyl adjacent to an activating group) is 1. The Hall–Kier alpha value is -4.18. The van der Waals surface area contributed by atoms with Crippen LogP contribution in [0.2, 0.25) is 0 Å². The first kappa shape index (κ1) is 29.4. The minimum Gasteiger partial charge on any atom is -0.445 e. The van der Waals surface area contributed by atoms with Crippen molar-refractivity contribution in [3.8, 4) is 0 Å². The Balaban J connectivity index is 1.66. The summed E-state index contributed by atoms with van der Waals surface area (Å²) in [6.07, 6.45) is 2.58. The summed E-state index contributed by atoms with van der Waals surface area (Å²) in [5.41, 5.74) is 2.24. The van der Waals surface area contributed by atoms with Gasteiger partial charge in [-0.15, -0.1) is 0 Å². The van der Waals surface area contributed by atoms with Crippen LogP contribution in [0.1, 0.15) is 30.7 Å². The summed E-state index contributed by atoms with van der Waals surface area (Å²) in [7, 11) is 1.77. The van der Waals surface area contributed by atoms with Crippen molar-refractivity contribution >= 4 is 17.9 Å². The van der Waals surface area contributed by atoms with Crippen LogP contribution in [0.3, 0.4) is 0 Å². The number of H-pyrrole nitrogens is 1. The molecule has 0 radical (unpaired) electrons. The second-order valence-electron chi connectivity index (χ2n) is 9.91. The number of hydrogen-bond acceptors (Lipinski definition) is 6. The van der Waals surface area contributed by atoms with E-state index in [-0.39, 0.29) is 37.4 Å². The van der Waals surface area contributed by atoms with E-state index < -0.39 is 18.0 Å². The number of benzene rings is 2. The van der Waals surface area contributed by atoms with Gasteiger partial charge in [-0.3, -0.25) is 9.59 Å². The van der Waals surface area contributed by atoms with Gasteiger partial charge in [-0.2, -0.15) is 0 Å². The maximum atomic E-state index is 13.7. The number of aromatic amines is 1. The molecule has 4 N–H and O–H groups in total. The smallest absolute Gasteiger partial charge is 0.408 e. The van der Waals surface area contributed by atoms with Crippen molar-refractivity contribution < 1.29 is 19.1 Å². The van der Waals surface area contributed by atoms with Crippen LogP contribution in [-0.4, -0.2) is 72.0 Å². The quantitative estimate of drug-likeness (QED) is 0.251. The molecule has 1 unspecified atom stereocenters. The lowest BCUT2D eigenvalue weighted by Crippen LogP contribution is -2.53. The van der Waals surface area contributed by atoms with E-state index in [2.05, 4.69) is 39.8 Å². The number of aromatic nitrogens is 2. The summed E-state index contributed by atoms with van der Waals surface area (Å²) in [6.45, 7) is 5.19. The first-order valence-corrected chi connectivity index (χ1v) is 13.0. The van der Waals surface area contributed by atoms with E-state index in [1.165, 1.54) is 11.2 Å². The van der Waals surface area contributed by atoms with Crippen molar-refractivity contribution in [2.75, 3.05) is 33.2 Å². The largest absolute Gasteiger partial charge is 0.445 e. The topological polar surface area (TPSA) is 128 Å². The number of imidazole rings is 1. The molecule has 0 saturated carbocycles. The molecule has 3 rings (SSSR count).